The molecule has 2 aromatic heterocycles. The second-order valence-corrected chi connectivity index (χ2v) is 10.2. The van der Waals surface area contributed by atoms with Crippen LogP contribution in [-0.4, -0.2) is 49.5 Å². The van der Waals surface area contributed by atoms with E-state index in [4.69, 9.17) is 24.2 Å². The highest BCUT2D eigenvalue weighted by molar-refractivity contribution is 7.14. The molecule has 0 aromatic carbocycles. The number of hydrogen-bond acceptors (Lipinski definition) is 8. The normalized spacial score (nSPS) is 16.0. The van der Waals surface area contributed by atoms with E-state index in [1.165, 1.54) is 7.11 Å². The van der Waals surface area contributed by atoms with Gasteiger partial charge in [-0.3, -0.25) is 4.79 Å². The van der Waals surface area contributed by atoms with Crippen molar-refractivity contribution in [1.29, 1.82) is 0 Å². The van der Waals surface area contributed by atoms with E-state index in [1.807, 2.05) is 24.5 Å². The number of rotatable bonds is 13. The highest BCUT2D eigenvalue weighted by atomic mass is 32.1. The quantitative estimate of drug-likeness (QED) is 0.233. The van der Waals surface area contributed by atoms with E-state index in [0.717, 1.165) is 21.4 Å². The van der Waals surface area contributed by atoms with E-state index in [9.17, 15) is 4.79 Å². The molecule has 0 N–H and O–H groups in total. The highest BCUT2D eigenvalue weighted by Crippen LogP contribution is 2.29. The number of aromatic nitrogens is 2. The molecule has 0 saturated heterocycles. The molecule has 0 aliphatic rings. The molecule has 2 heterocycles. The number of esters is 1. The number of carbonyl (C=O) groups excluding carboxylic acids is 1. The largest absolute Gasteiger partial charge is 0.469 e. The van der Waals surface area contributed by atoms with Gasteiger partial charge in [-0.25, -0.2) is 9.97 Å². The lowest BCUT2D eigenvalue weighted by atomic mass is 9.95. The second kappa shape index (κ2) is 14.3. The Morgan fingerprint density at radius 3 is 2.35 bits per heavy atom. The Hall–Kier alpha value is -2.13. The molecule has 0 fully saturated rings. The predicted molar refractivity (Wildman–Crippen MR) is 141 cm³/mol. The Balaban J connectivity index is 2.05. The summed E-state index contributed by atoms with van der Waals surface area (Å²) in [6.45, 7) is 8.47. The maximum Gasteiger partial charge on any atom is 0.308 e. The molecule has 0 aliphatic heterocycles. The zero-order chi connectivity index (χ0) is 25.1. The lowest BCUT2D eigenvalue weighted by molar-refractivity contribution is -0.145. The zero-order valence-corrected chi connectivity index (χ0v) is 22.7. The number of carbonyl (C=O) groups is 1. The fourth-order valence-corrected chi connectivity index (χ4v) is 4.94. The Kier molecular flexibility index (Phi) is 11.8. The third kappa shape index (κ3) is 8.58. The summed E-state index contributed by atoms with van der Waals surface area (Å²) in [6, 6.07) is 0. The van der Waals surface area contributed by atoms with Crippen molar-refractivity contribution in [2.45, 2.75) is 52.2 Å². The third-order valence-electron chi connectivity index (χ3n) is 5.39. The molecule has 2 rings (SSSR count). The predicted octanol–water partition coefficient (Wildman–Crippen LogP) is 6.38. The first-order valence-corrected chi connectivity index (χ1v) is 13.1. The summed E-state index contributed by atoms with van der Waals surface area (Å²) < 4.78 is 15.9. The van der Waals surface area contributed by atoms with Crippen molar-refractivity contribution in [1.82, 2.24) is 9.97 Å². The van der Waals surface area contributed by atoms with Gasteiger partial charge in [0.25, 0.3) is 0 Å². The van der Waals surface area contributed by atoms with Gasteiger partial charge in [0, 0.05) is 36.8 Å². The Labute approximate surface area is 211 Å². The first kappa shape index (κ1) is 28.1. The maximum atomic E-state index is 11.7. The van der Waals surface area contributed by atoms with Gasteiger partial charge >= 0.3 is 5.97 Å². The first-order chi connectivity index (χ1) is 16.3. The van der Waals surface area contributed by atoms with Crippen LogP contribution in [0.5, 0.6) is 0 Å². The van der Waals surface area contributed by atoms with E-state index < -0.39 is 0 Å². The minimum Gasteiger partial charge on any atom is -0.469 e. The van der Waals surface area contributed by atoms with Crippen LogP contribution in [0.3, 0.4) is 0 Å². The van der Waals surface area contributed by atoms with E-state index >= 15 is 0 Å². The molecular formula is C26H36N2O4S2. The van der Waals surface area contributed by atoms with Crippen LogP contribution >= 0.6 is 22.7 Å². The average Bonchev–Trinajstić information content (AvgIpc) is 3.50. The summed E-state index contributed by atoms with van der Waals surface area (Å²) in [5.41, 5.74) is 1.74. The average molecular weight is 505 g/mol. The van der Waals surface area contributed by atoms with Crippen LogP contribution < -0.4 is 0 Å². The molecule has 8 heteroatoms. The number of hydrogen-bond donors (Lipinski definition) is 0. The minimum absolute atomic E-state index is 0.0468. The van der Waals surface area contributed by atoms with Crippen LogP contribution in [0.4, 0.5) is 0 Å². The molecule has 34 heavy (non-hydrogen) atoms. The van der Waals surface area contributed by atoms with Crippen LogP contribution in [0.25, 0.3) is 16.8 Å². The molecule has 0 spiro atoms. The van der Waals surface area contributed by atoms with Gasteiger partial charge in [0.2, 0.25) is 0 Å². The highest BCUT2D eigenvalue weighted by Gasteiger charge is 2.26. The Bertz CT molecular complexity index is 977. The van der Waals surface area contributed by atoms with E-state index in [1.54, 1.807) is 36.9 Å². The summed E-state index contributed by atoms with van der Waals surface area (Å²) in [5.74, 6) is 0.441. The summed E-state index contributed by atoms with van der Waals surface area (Å²) >= 11 is 3.22. The summed E-state index contributed by atoms with van der Waals surface area (Å²) in [7, 11) is 4.61. The number of allylic oxidation sites excluding steroid dienone is 4. The topological polar surface area (TPSA) is 70.5 Å². The summed E-state index contributed by atoms with van der Waals surface area (Å²) in [4.78, 5) is 21.2. The Morgan fingerprint density at radius 2 is 1.71 bits per heavy atom. The maximum absolute atomic E-state index is 11.7. The lowest BCUT2D eigenvalue weighted by Crippen LogP contribution is -2.33. The van der Waals surface area contributed by atoms with Crippen LogP contribution in [0, 0.1) is 11.8 Å². The number of nitrogens with zero attached hydrogens (tertiary/aromatic N) is 2. The SMILES string of the molecule is COC(=O)CC(OC)[C@H](C)[C@H](/C=C/c1csc(-c2csc([C@@H](C)/C=C/C=C/C(C)C)n2)n1)OC. The molecule has 0 aliphatic carbocycles. The van der Waals surface area contributed by atoms with Crippen LogP contribution in [0.15, 0.2) is 41.1 Å². The molecule has 1 unspecified atom stereocenters. The lowest BCUT2D eigenvalue weighted by Gasteiger charge is -2.26. The van der Waals surface area contributed by atoms with Crippen molar-refractivity contribution in [3.05, 3.63) is 51.8 Å². The Morgan fingerprint density at radius 1 is 0.971 bits per heavy atom. The van der Waals surface area contributed by atoms with Gasteiger partial charge in [0.05, 0.1) is 36.4 Å². The van der Waals surface area contributed by atoms with E-state index in [0.29, 0.717) is 5.92 Å². The molecule has 2 aromatic rings. The first-order valence-electron chi connectivity index (χ1n) is 11.4. The molecule has 4 atom stereocenters. The van der Waals surface area contributed by atoms with Gasteiger partial charge in [-0.15, -0.1) is 22.7 Å². The van der Waals surface area contributed by atoms with Crippen molar-refractivity contribution < 1.29 is 19.0 Å². The van der Waals surface area contributed by atoms with E-state index in [-0.39, 0.29) is 36.4 Å². The van der Waals surface area contributed by atoms with Gasteiger partial charge in [-0.05, 0) is 12.0 Å². The van der Waals surface area contributed by atoms with Gasteiger partial charge in [-0.2, -0.15) is 0 Å². The molecule has 6 nitrogen and oxygen atoms in total. The van der Waals surface area contributed by atoms with E-state index in [2.05, 4.69) is 50.5 Å². The smallest absolute Gasteiger partial charge is 0.308 e. The molecule has 0 saturated carbocycles. The number of thiazole rings is 2. The molecule has 0 bridgehead atoms. The van der Waals surface area contributed by atoms with Crippen molar-refractivity contribution in [2.75, 3.05) is 21.3 Å². The summed E-state index contributed by atoms with van der Waals surface area (Å²) in [5, 5.41) is 6.03. The molecule has 186 valence electrons. The fraction of sp³-hybridized carbons (Fsp3) is 0.500. The minimum atomic E-state index is -0.307. The number of ether oxygens (including phenoxy) is 3. The molecular weight excluding hydrogens is 468 g/mol. The van der Waals surface area contributed by atoms with Gasteiger partial charge < -0.3 is 14.2 Å². The van der Waals surface area contributed by atoms with Crippen molar-refractivity contribution in [3.63, 3.8) is 0 Å². The van der Waals surface area contributed by atoms with Gasteiger partial charge in [0.1, 0.15) is 10.7 Å². The van der Waals surface area contributed by atoms with Crippen molar-refractivity contribution >= 4 is 34.7 Å². The summed E-state index contributed by atoms with van der Waals surface area (Å²) in [6.07, 6.45) is 12.0. The van der Waals surface area contributed by atoms with Gasteiger partial charge in [0.15, 0.2) is 0 Å². The fourth-order valence-electron chi connectivity index (χ4n) is 3.28. The van der Waals surface area contributed by atoms with Crippen LogP contribution in [0.2, 0.25) is 0 Å². The standard InChI is InChI=1S/C26H36N2O4S2/c1-17(2)10-8-9-11-18(3)25-28-21(16-34-25)26-27-20(15-33-26)12-13-22(30-5)19(4)23(31-6)14-24(29)32-7/h8-13,15-19,22-23H,14H2,1-7H3/b10-8+,11-9+,13-12+/t18-,19+,22-,23?/m0/s1. The van der Waals surface area contributed by atoms with Crippen LogP contribution in [0.1, 0.15) is 50.7 Å². The zero-order valence-electron chi connectivity index (χ0n) is 21.1. The van der Waals surface area contributed by atoms with Crippen molar-refractivity contribution in [3.8, 4) is 10.7 Å². The molecule has 0 radical (unpaired) electrons. The van der Waals surface area contributed by atoms with Crippen molar-refractivity contribution in [2.24, 2.45) is 11.8 Å². The third-order valence-corrected chi connectivity index (χ3v) is 7.32. The molecule has 0 amide bonds. The second-order valence-electron chi connectivity index (χ2n) is 8.42. The van der Waals surface area contributed by atoms with Gasteiger partial charge in [-0.1, -0.05) is 58.1 Å². The monoisotopic (exact) mass is 504 g/mol. The number of methoxy groups -OCH3 is 3. The van der Waals surface area contributed by atoms with Crippen LogP contribution in [-0.2, 0) is 19.0 Å².